The van der Waals surface area contributed by atoms with Crippen molar-refractivity contribution < 1.29 is 9.53 Å². The Kier molecular flexibility index (Phi) is 3.75. The van der Waals surface area contributed by atoms with Crippen molar-refractivity contribution in [2.45, 2.75) is 32.2 Å². The molecule has 0 bridgehead atoms. The number of nitrogens with two attached hydrogens (primary N) is 1. The molecule has 18 heavy (non-hydrogen) atoms. The molecular formula is C14H20N2O2. The summed E-state index contributed by atoms with van der Waals surface area (Å²) in [6, 6.07) is 5.46. The maximum atomic E-state index is 12.1. The Morgan fingerprint density at radius 3 is 2.78 bits per heavy atom. The van der Waals surface area contributed by atoms with E-state index in [2.05, 4.69) is 12.2 Å². The third-order valence-corrected chi connectivity index (χ3v) is 3.75. The second-order valence-electron chi connectivity index (χ2n) is 4.87. The Balaban J connectivity index is 2.08. The van der Waals surface area contributed by atoms with Crippen LogP contribution >= 0.6 is 0 Å². The van der Waals surface area contributed by atoms with Crippen LogP contribution in [0.5, 0.6) is 5.75 Å². The van der Waals surface area contributed by atoms with E-state index in [1.54, 1.807) is 25.3 Å². The molecule has 1 unspecified atom stereocenters. The maximum absolute atomic E-state index is 12.1. The number of carbonyl (C=O) groups excluding carboxylic acids is 1. The first-order valence-corrected chi connectivity index (χ1v) is 6.37. The van der Waals surface area contributed by atoms with Gasteiger partial charge in [0.2, 0.25) is 0 Å². The second-order valence-corrected chi connectivity index (χ2v) is 4.87. The van der Waals surface area contributed by atoms with Crippen molar-refractivity contribution in [3.8, 4) is 5.75 Å². The highest BCUT2D eigenvalue weighted by atomic mass is 16.5. The molecule has 1 saturated carbocycles. The van der Waals surface area contributed by atoms with Gasteiger partial charge >= 0.3 is 0 Å². The largest absolute Gasteiger partial charge is 0.495 e. The number of hydrogen-bond acceptors (Lipinski definition) is 3. The van der Waals surface area contributed by atoms with Crippen LogP contribution in [0.3, 0.4) is 0 Å². The molecule has 1 aliphatic carbocycles. The molecule has 98 valence electrons. The van der Waals surface area contributed by atoms with E-state index in [9.17, 15) is 4.79 Å². The van der Waals surface area contributed by atoms with Gasteiger partial charge in [0, 0.05) is 6.04 Å². The van der Waals surface area contributed by atoms with Crippen molar-refractivity contribution in [2.24, 2.45) is 5.92 Å². The summed E-state index contributed by atoms with van der Waals surface area (Å²) in [5.74, 6) is 1.03. The minimum atomic E-state index is -0.120. The van der Waals surface area contributed by atoms with Gasteiger partial charge in [-0.15, -0.1) is 0 Å². The van der Waals surface area contributed by atoms with Crippen molar-refractivity contribution in [1.82, 2.24) is 5.32 Å². The summed E-state index contributed by atoms with van der Waals surface area (Å²) in [5, 5.41) is 3.02. The smallest absolute Gasteiger partial charge is 0.253 e. The van der Waals surface area contributed by atoms with Crippen molar-refractivity contribution in [2.75, 3.05) is 12.8 Å². The van der Waals surface area contributed by atoms with Crippen LogP contribution in [0, 0.1) is 5.92 Å². The summed E-state index contributed by atoms with van der Waals surface area (Å²) in [7, 11) is 1.55. The maximum Gasteiger partial charge on any atom is 0.253 e. The molecule has 0 heterocycles. The molecule has 0 aromatic heterocycles. The van der Waals surface area contributed by atoms with Gasteiger partial charge in [-0.3, -0.25) is 4.79 Å². The van der Waals surface area contributed by atoms with Gasteiger partial charge < -0.3 is 15.8 Å². The lowest BCUT2D eigenvalue weighted by Gasteiger charge is -2.32. The molecule has 3 N–H and O–H groups in total. The number of nitrogens with one attached hydrogen (secondary N) is 1. The number of ether oxygens (including phenoxy) is 1. The lowest BCUT2D eigenvalue weighted by Crippen LogP contribution is -2.40. The number of nitrogen functional groups attached to an aromatic ring is 1. The first-order valence-electron chi connectivity index (χ1n) is 6.37. The van der Waals surface area contributed by atoms with Gasteiger partial charge in [0.25, 0.3) is 5.91 Å². The van der Waals surface area contributed by atoms with E-state index in [1.165, 1.54) is 19.3 Å². The predicted octanol–water partition coefficient (Wildman–Crippen LogP) is 2.20. The summed E-state index contributed by atoms with van der Waals surface area (Å²) in [5.41, 5.74) is 6.80. The minimum absolute atomic E-state index is 0.120. The molecular weight excluding hydrogens is 228 g/mol. The molecule has 1 amide bonds. The first kappa shape index (κ1) is 12.7. The fourth-order valence-corrected chi connectivity index (χ4v) is 2.26. The van der Waals surface area contributed by atoms with E-state index in [4.69, 9.17) is 10.5 Å². The van der Waals surface area contributed by atoms with Crippen LogP contribution in [-0.4, -0.2) is 19.1 Å². The number of para-hydroxylation sites is 1. The lowest BCUT2D eigenvalue weighted by molar-refractivity contribution is 0.0910. The zero-order valence-electron chi connectivity index (χ0n) is 10.9. The molecule has 0 spiro atoms. The van der Waals surface area contributed by atoms with Crippen LogP contribution in [0.1, 0.15) is 36.5 Å². The second kappa shape index (κ2) is 5.29. The lowest BCUT2D eigenvalue weighted by atomic mass is 9.80. The molecule has 1 aromatic carbocycles. The third kappa shape index (κ3) is 2.42. The quantitative estimate of drug-likeness (QED) is 0.803. The highest BCUT2D eigenvalue weighted by Gasteiger charge is 2.25. The molecule has 1 aromatic rings. The van der Waals surface area contributed by atoms with Gasteiger partial charge in [-0.2, -0.15) is 0 Å². The zero-order valence-corrected chi connectivity index (χ0v) is 10.9. The van der Waals surface area contributed by atoms with E-state index in [-0.39, 0.29) is 11.9 Å². The molecule has 0 aliphatic heterocycles. The number of carbonyl (C=O) groups is 1. The number of amides is 1. The molecule has 0 saturated heterocycles. The summed E-state index contributed by atoms with van der Waals surface area (Å²) < 4.78 is 5.12. The molecule has 1 aliphatic rings. The molecule has 4 nitrogen and oxygen atoms in total. The normalized spacial score (nSPS) is 16.8. The predicted molar refractivity (Wildman–Crippen MR) is 71.7 cm³/mol. The molecule has 1 atom stereocenters. The summed E-state index contributed by atoms with van der Waals surface area (Å²) in [4.78, 5) is 12.1. The van der Waals surface area contributed by atoms with Crippen LogP contribution in [0.25, 0.3) is 0 Å². The molecule has 4 heteroatoms. The highest BCUT2D eigenvalue weighted by Crippen LogP contribution is 2.30. The standard InChI is InChI=1S/C14H20N2O2/c1-9(10-5-3-6-10)16-14(17)11-7-4-8-12(18-2)13(11)15/h4,7-10H,3,5-6,15H2,1-2H3,(H,16,17). The van der Waals surface area contributed by atoms with Gasteiger partial charge in [0.15, 0.2) is 0 Å². The summed E-state index contributed by atoms with van der Waals surface area (Å²) in [6.45, 7) is 2.05. The Bertz CT molecular complexity index is 441. The van der Waals surface area contributed by atoms with Gasteiger partial charge in [-0.05, 0) is 37.8 Å². The number of rotatable bonds is 4. The average molecular weight is 248 g/mol. The van der Waals surface area contributed by atoms with Crippen LogP contribution in [-0.2, 0) is 0 Å². The third-order valence-electron chi connectivity index (χ3n) is 3.75. The van der Waals surface area contributed by atoms with Gasteiger partial charge in [-0.1, -0.05) is 12.5 Å². The fraction of sp³-hybridized carbons (Fsp3) is 0.500. The first-order chi connectivity index (χ1) is 8.63. The Morgan fingerprint density at radius 2 is 2.22 bits per heavy atom. The van der Waals surface area contributed by atoms with E-state index in [1.807, 2.05) is 0 Å². The number of benzene rings is 1. The minimum Gasteiger partial charge on any atom is -0.495 e. The fourth-order valence-electron chi connectivity index (χ4n) is 2.26. The highest BCUT2D eigenvalue weighted by molar-refractivity contribution is 6.00. The van der Waals surface area contributed by atoms with Gasteiger partial charge in [0.1, 0.15) is 5.75 Å². The average Bonchev–Trinajstić information content (AvgIpc) is 2.26. The Labute approximate surface area is 108 Å². The van der Waals surface area contributed by atoms with Crippen LogP contribution in [0.4, 0.5) is 5.69 Å². The molecule has 2 rings (SSSR count). The van der Waals surface area contributed by atoms with Gasteiger partial charge in [-0.25, -0.2) is 0 Å². The van der Waals surface area contributed by atoms with E-state index >= 15 is 0 Å². The van der Waals surface area contributed by atoms with Crippen molar-refractivity contribution in [3.05, 3.63) is 23.8 Å². The molecule has 1 fully saturated rings. The van der Waals surface area contributed by atoms with E-state index < -0.39 is 0 Å². The van der Waals surface area contributed by atoms with Crippen molar-refractivity contribution in [1.29, 1.82) is 0 Å². The van der Waals surface area contributed by atoms with Crippen LogP contribution in [0.2, 0.25) is 0 Å². The SMILES string of the molecule is COc1cccc(C(=O)NC(C)C2CCC2)c1N. The number of anilines is 1. The zero-order chi connectivity index (χ0) is 13.1. The van der Waals surface area contributed by atoms with Gasteiger partial charge in [0.05, 0.1) is 18.4 Å². The van der Waals surface area contributed by atoms with Crippen LogP contribution < -0.4 is 15.8 Å². The number of hydrogen-bond donors (Lipinski definition) is 2. The number of methoxy groups -OCH3 is 1. The van der Waals surface area contributed by atoms with E-state index in [0.29, 0.717) is 22.9 Å². The Morgan fingerprint density at radius 1 is 1.50 bits per heavy atom. The van der Waals surface area contributed by atoms with E-state index in [0.717, 1.165) is 0 Å². The monoisotopic (exact) mass is 248 g/mol. The Hall–Kier alpha value is -1.71. The summed E-state index contributed by atoms with van der Waals surface area (Å²) >= 11 is 0. The topological polar surface area (TPSA) is 64.3 Å². The van der Waals surface area contributed by atoms with Crippen molar-refractivity contribution in [3.63, 3.8) is 0 Å². The van der Waals surface area contributed by atoms with Crippen LogP contribution in [0.15, 0.2) is 18.2 Å². The summed E-state index contributed by atoms with van der Waals surface area (Å²) in [6.07, 6.45) is 3.68. The van der Waals surface area contributed by atoms with Crippen molar-refractivity contribution >= 4 is 11.6 Å². The molecule has 0 radical (unpaired) electrons.